The van der Waals surface area contributed by atoms with Gasteiger partial charge in [0, 0.05) is 35.3 Å². The van der Waals surface area contributed by atoms with Gasteiger partial charge in [-0.15, -0.1) is 11.1 Å². The molecule has 1 unspecified atom stereocenters. The van der Waals surface area contributed by atoms with Crippen molar-refractivity contribution in [2.45, 2.75) is 51.0 Å². The molecule has 0 saturated carbocycles. The zero-order chi connectivity index (χ0) is 23.3. The van der Waals surface area contributed by atoms with Gasteiger partial charge in [0.1, 0.15) is 11.7 Å². The van der Waals surface area contributed by atoms with Crippen molar-refractivity contribution in [1.29, 1.82) is 0 Å². The Morgan fingerprint density at radius 2 is 1.88 bits per heavy atom. The van der Waals surface area contributed by atoms with Gasteiger partial charge in [-0.05, 0) is 40.3 Å². The van der Waals surface area contributed by atoms with Gasteiger partial charge in [-0.1, -0.05) is 27.7 Å². The monoisotopic (exact) mass is 463 g/mol. The van der Waals surface area contributed by atoms with Crippen LogP contribution in [0, 0.1) is 6.07 Å². The van der Waals surface area contributed by atoms with E-state index in [-0.39, 0.29) is 52.1 Å². The maximum Gasteiger partial charge on any atom is 1.00 e. The van der Waals surface area contributed by atoms with Crippen LogP contribution in [-0.4, -0.2) is 31.7 Å². The SMILES string of the molecule is COC(=O)C1=CC2=C3N(CCC2OC1=O)c1cc2c(cc1C3(C)C)-c1cc[c-]cc1C2(C)C.[Na+]. The molecule has 0 aromatic heterocycles. The average Bonchev–Trinajstić information content (AvgIpc) is 3.17. The minimum atomic E-state index is -0.661. The average molecular weight is 464 g/mol. The Morgan fingerprint density at radius 1 is 1.12 bits per heavy atom. The molecule has 6 heteroatoms. The number of fused-ring (bicyclic) bond motifs is 7. The number of rotatable bonds is 1. The molecule has 0 spiro atoms. The zero-order valence-electron chi connectivity index (χ0n) is 20.5. The predicted octanol–water partition coefficient (Wildman–Crippen LogP) is 1.58. The topological polar surface area (TPSA) is 55.8 Å². The van der Waals surface area contributed by atoms with Crippen molar-refractivity contribution < 1.29 is 48.6 Å². The smallest absolute Gasteiger partial charge is 0.465 e. The standard InChI is InChI=1S/C28H26NO4.Na/c1-27(2)19-9-7-6-8-15(19)16-13-21-22(14-20(16)27)29-11-10-23-17(24(29)28(21,3)4)12-18(25(30)32-5)26(31)33-23;/h6,8-9,12-14,23H,10-11H2,1-5H3;/q-1;+1. The van der Waals surface area contributed by atoms with E-state index in [1.165, 1.54) is 40.6 Å². The molecule has 0 saturated heterocycles. The number of nitrogens with zero attached hydrogens (tertiary/aromatic N) is 1. The fourth-order valence-electron chi connectivity index (χ4n) is 6.21. The van der Waals surface area contributed by atoms with E-state index in [0.717, 1.165) is 17.8 Å². The molecule has 0 fully saturated rings. The minimum absolute atomic E-state index is 0. The van der Waals surface area contributed by atoms with E-state index in [1.54, 1.807) is 6.08 Å². The summed E-state index contributed by atoms with van der Waals surface area (Å²) in [5.74, 6) is -1.27. The van der Waals surface area contributed by atoms with E-state index in [4.69, 9.17) is 9.47 Å². The van der Waals surface area contributed by atoms with E-state index in [2.05, 4.69) is 62.9 Å². The first kappa shape index (κ1) is 23.4. The summed E-state index contributed by atoms with van der Waals surface area (Å²) >= 11 is 0. The first-order chi connectivity index (χ1) is 15.7. The Bertz CT molecular complexity index is 1330. The number of esters is 2. The zero-order valence-corrected chi connectivity index (χ0v) is 22.5. The Labute approximate surface area is 222 Å². The second-order valence-corrected chi connectivity index (χ2v) is 10.3. The van der Waals surface area contributed by atoms with Crippen molar-refractivity contribution in [3.8, 4) is 11.1 Å². The molecule has 3 heterocycles. The number of methoxy groups -OCH3 is 1. The van der Waals surface area contributed by atoms with E-state index >= 15 is 0 Å². The minimum Gasteiger partial charge on any atom is -0.465 e. The summed E-state index contributed by atoms with van der Waals surface area (Å²) in [6.45, 7) is 9.73. The maximum atomic E-state index is 12.4. The molecule has 0 amide bonds. The summed E-state index contributed by atoms with van der Waals surface area (Å²) in [5, 5.41) is 0. The van der Waals surface area contributed by atoms with E-state index < -0.39 is 11.9 Å². The number of carbonyl (C=O) groups is 2. The van der Waals surface area contributed by atoms with Gasteiger partial charge in [-0.25, -0.2) is 9.59 Å². The number of allylic oxidation sites excluding steroid dienone is 1. The molecule has 1 aliphatic carbocycles. The molecular weight excluding hydrogens is 437 g/mol. The van der Waals surface area contributed by atoms with Crippen molar-refractivity contribution in [3.63, 3.8) is 0 Å². The van der Waals surface area contributed by atoms with Crippen LogP contribution in [0.25, 0.3) is 11.1 Å². The largest absolute Gasteiger partial charge is 1.00 e. The second-order valence-electron chi connectivity index (χ2n) is 10.3. The van der Waals surface area contributed by atoms with E-state index in [0.29, 0.717) is 6.42 Å². The predicted molar refractivity (Wildman–Crippen MR) is 125 cm³/mol. The summed E-state index contributed by atoms with van der Waals surface area (Å²) in [6.07, 6.45) is 2.03. The summed E-state index contributed by atoms with van der Waals surface area (Å²) < 4.78 is 10.5. The second kappa shape index (κ2) is 7.58. The molecule has 3 aliphatic heterocycles. The summed E-state index contributed by atoms with van der Waals surface area (Å²) in [4.78, 5) is 27.0. The fourth-order valence-corrected chi connectivity index (χ4v) is 6.21. The van der Waals surface area contributed by atoms with Crippen LogP contribution in [0.15, 0.2) is 53.3 Å². The summed E-state index contributed by atoms with van der Waals surface area (Å²) in [6, 6.07) is 14.2. The molecule has 0 bridgehead atoms. The molecule has 34 heavy (non-hydrogen) atoms. The van der Waals surface area contributed by atoms with Crippen molar-refractivity contribution in [1.82, 2.24) is 0 Å². The van der Waals surface area contributed by atoms with Crippen molar-refractivity contribution in [2.24, 2.45) is 0 Å². The number of carbonyl (C=O) groups excluding carboxylic acids is 2. The fraction of sp³-hybridized carbons (Fsp3) is 0.357. The Kier molecular flexibility index (Phi) is 5.22. The molecule has 2 aromatic rings. The van der Waals surface area contributed by atoms with Crippen LogP contribution in [-0.2, 0) is 29.9 Å². The molecule has 2 aromatic carbocycles. The Hall–Kier alpha value is -2.34. The number of hydrogen-bond acceptors (Lipinski definition) is 5. The third-order valence-corrected chi connectivity index (χ3v) is 7.87. The van der Waals surface area contributed by atoms with Gasteiger partial charge in [0.15, 0.2) is 0 Å². The third kappa shape index (κ3) is 2.90. The molecule has 0 radical (unpaired) electrons. The number of anilines is 1. The van der Waals surface area contributed by atoms with Crippen molar-refractivity contribution >= 4 is 17.6 Å². The molecular formula is C28H26NNaO4. The summed E-state index contributed by atoms with van der Waals surface area (Å²) in [7, 11) is 1.28. The van der Waals surface area contributed by atoms with Crippen LogP contribution in [0.3, 0.4) is 0 Å². The molecule has 1 atom stereocenters. The number of benzene rings is 2. The Balaban J connectivity index is 0.00000241. The molecule has 168 valence electrons. The number of ether oxygens (including phenoxy) is 2. The van der Waals surface area contributed by atoms with Crippen LogP contribution < -0.4 is 34.5 Å². The quantitative estimate of drug-likeness (QED) is 0.278. The molecule has 0 N–H and O–H groups in total. The van der Waals surface area contributed by atoms with Gasteiger partial charge in [-0.2, -0.15) is 24.3 Å². The third-order valence-electron chi connectivity index (χ3n) is 7.87. The van der Waals surface area contributed by atoms with Crippen LogP contribution in [0.1, 0.15) is 50.8 Å². The van der Waals surface area contributed by atoms with Gasteiger partial charge in [0.25, 0.3) is 0 Å². The molecule has 6 rings (SSSR count). The number of hydrogen-bond donors (Lipinski definition) is 0. The van der Waals surface area contributed by atoms with Gasteiger partial charge in [0.05, 0.1) is 7.11 Å². The van der Waals surface area contributed by atoms with Crippen LogP contribution in [0.5, 0.6) is 0 Å². The van der Waals surface area contributed by atoms with Crippen molar-refractivity contribution in [3.05, 3.63) is 76.0 Å². The first-order valence-electron chi connectivity index (χ1n) is 11.4. The molecule has 5 nitrogen and oxygen atoms in total. The maximum absolute atomic E-state index is 12.4. The van der Waals surface area contributed by atoms with Gasteiger partial charge in [0.2, 0.25) is 0 Å². The van der Waals surface area contributed by atoms with E-state index in [1.807, 2.05) is 6.07 Å². The van der Waals surface area contributed by atoms with Crippen LogP contribution in [0.4, 0.5) is 5.69 Å². The van der Waals surface area contributed by atoms with Gasteiger partial charge in [-0.3, -0.25) is 0 Å². The first-order valence-corrected chi connectivity index (χ1v) is 11.4. The van der Waals surface area contributed by atoms with Crippen molar-refractivity contribution in [2.75, 3.05) is 18.6 Å². The molecule has 4 aliphatic rings. The van der Waals surface area contributed by atoms with E-state index in [9.17, 15) is 9.59 Å². The van der Waals surface area contributed by atoms with Crippen LogP contribution >= 0.6 is 0 Å². The van der Waals surface area contributed by atoms with Gasteiger partial charge >= 0.3 is 41.5 Å². The van der Waals surface area contributed by atoms with Crippen LogP contribution in [0.2, 0.25) is 0 Å². The Morgan fingerprint density at radius 3 is 2.62 bits per heavy atom. The summed E-state index contributed by atoms with van der Waals surface area (Å²) in [5.41, 5.74) is 9.18. The normalized spacial score (nSPS) is 22.4. The van der Waals surface area contributed by atoms with Gasteiger partial charge < -0.3 is 14.4 Å².